The molecular formula is C18H22NaO9P3S3. The standard InChI is InChI=1S/3C6H7O3PS.Na.H/c3*7-11(8,9)6-3-1-2-5(10)4-6;;/h3*1-4H,10H2,(H,7,8,9);;. The topological polar surface area (TPSA) is 163 Å². The molecule has 0 aliphatic heterocycles. The van der Waals surface area contributed by atoms with Gasteiger partial charge >= 0.3 is 29.6 Å². The molecule has 34 heavy (non-hydrogen) atoms. The summed E-state index contributed by atoms with van der Waals surface area (Å²) in [5.74, 6) is 0. The molecule has 3 aromatic carbocycles. The van der Waals surface area contributed by atoms with Crippen LogP contribution in [0.1, 0.15) is 0 Å². The van der Waals surface area contributed by atoms with Gasteiger partial charge in [-0.1, -0.05) is 36.4 Å². The Morgan fingerprint density at radius 2 is 0.676 bits per heavy atom. The van der Waals surface area contributed by atoms with Crippen molar-refractivity contribution in [2.75, 3.05) is 0 Å². The van der Waals surface area contributed by atoms with Gasteiger partial charge in [0.25, 0.3) is 30.4 Å². The van der Waals surface area contributed by atoms with Crippen LogP contribution in [0.5, 0.6) is 0 Å². The predicted octanol–water partition coefficient (Wildman–Crippen LogP) is 0.653. The molecular weight excluding hydrogens is 572 g/mol. The van der Waals surface area contributed by atoms with Gasteiger partial charge in [0, 0.05) is 0 Å². The van der Waals surface area contributed by atoms with Crippen LogP contribution in [0.25, 0.3) is 0 Å². The molecule has 182 valence electrons. The van der Waals surface area contributed by atoms with Crippen LogP contribution in [0.2, 0.25) is 0 Å². The average molecular weight is 594 g/mol. The van der Waals surface area contributed by atoms with E-state index in [9.17, 15) is 25.3 Å². The molecule has 0 fully saturated rings. The van der Waals surface area contributed by atoms with Gasteiger partial charge in [-0.25, -0.2) is 0 Å². The van der Waals surface area contributed by atoms with Crippen LogP contribution >= 0.6 is 27.7 Å². The van der Waals surface area contributed by atoms with Crippen molar-refractivity contribution in [3.8, 4) is 0 Å². The zero-order valence-electron chi connectivity index (χ0n) is 16.7. The maximum absolute atomic E-state index is 10.5. The molecule has 0 saturated carbocycles. The maximum atomic E-state index is 10.5. The number of benzene rings is 3. The van der Waals surface area contributed by atoms with Crippen molar-refractivity contribution in [3.05, 3.63) is 72.8 Å². The first-order valence-electron chi connectivity index (χ1n) is 8.49. The fourth-order valence-corrected chi connectivity index (χ4v) is 4.87. The second-order valence-corrected chi connectivity index (χ2v) is 12.4. The summed E-state index contributed by atoms with van der Waals surface area (Å²) in [6, 6.07) is 18.0. The minimum absolute atomic E-state index is 0. The molecule has 3 N–H and O–H groups in total. The van der Waals surface area contributed by atoms with Gasteiger partial charge < -0.3 is 0 Å². The normalized spacial score (nSPS) is 11.1. The van der Waals surface area contributed by atoms with Gasteiger partial charge in [0.05, 0.1) is 14.7 Å². The van der Waals surface area contributed by atoms with E-state index in [1.165, 1.54) is 36.4 Å². The van der Waals surface area contributed by atoms with Crippen LogP contribution in [-0.2, 0) is 30.4 Å². The van der Waals surface area contributed by atoms with E-state index in [2.05, 4.69) is 27.7 Å². The summed E-state index contributed by atoms with van der Waals surface area (Å²) < 4.78 is 88.9. The van der Waals surface area contributed by atoms with E-state index in [0.717, 1.165) is 15.9 Å². The van der Waals surface area contributed by atoms with Crippen LogP contribution in [0.15, 0.2) is 87.5 Å². The molecule has 0 amide bonds. The molecule has 0 aliphatic carbocycles. The third kappa shape index (κ3) is 13.1. The molecule has 0 aliphatic rings. The first-order valence-corrected chi connectivity index (χ1v) is 14.5. The van der Waals surface area contributed by atoms with Gasteiger partial charge in [-0.15, -0.1) is 27.7 Å². The molecule has 0 bridgehead atoms. The average Bonchev–Trinajstić information content (AvgIpc) is 2.67. The summed E-state index contributed by atoms with van der Waals surface area (Å²) in [5, 5.41) is 2.17. The van der Waals surface area contributed by atoms with E-state index in [1.807, 2.05) is 0 Å². The first kappa shape index (κ1) is 33.7. The number of hydrogen-bond donors (Lipinski definition) is 3. The van der Waals surface area contributed by atoms with Crippen molar-refractivity contribution < 1.29 is 38.9 Å². The SMILES string of the molecule is O=S(=O)(O)c1cccc(P)c1.O=S(=O)(O)c1cccc(P)c1.O=S(=O)(O)c1cccc(P)c1.[NaH]. The minimum atomic E-state index is -4.04. The molecule has 3 unspecified atom stereocenters. The van der Waals surface area contributed by atoms with Crippen LogP contribution in [0, 0.1) is 0 Å². The Morgan fingerprint density at radius 1 is 0.471 bits per heavy atom. The molecule has 3 rings (SSSR count). The van der Waals surface area contributed by atoms with Gasteiger partial charge in [0.1, 0.15) is 0 Å². The molecule has 0 spiro atoms. The summed E-state index contributed by atoms with van der Waals surface area (Å²) in [5.41, 5.74) is 0. The Balaban J connectivity index is 0.000000473. The van der Waals surface area contributed by atoms with Crippen LogP contribution in [0.4, 0.5) is 0 Å². The molecule has 0 saturated heterocycles. The molecule has 0 heterocycles. The van der Waals surface area contributed by atoms with E-state index in [4.69, 9.17) is 13.7 Å². The number of rotatable bonds is 3. The van der Waals surface area contributed by atoms with Crippen LogP contribution < -0.4 is 15.9 Å². The second kappa shape index (κ2) is 14.4. The monoisotopic (exact) mass is 594 g/mol. The van der Waals surface area contributed by atoms with Crippen LogP contribution in [-0.4, -0.2) is 68.5 Å². The summed E-state index contributed by atoms with van der Waals surface area (Å²) in [6.07, 6.45) is 0. The van der Waals surface area contributed by atoms with Gasteiger partial charge in [-0.3, -0.25) is 13.7 Å². The van der Waals surface area contributed by atoms with Gasteiger partial charge in [-0.2, -0.15) is 25.3 Å². The third-order valence-electron chi connectivity index (χ3n) is 3.47. The summed E-state index contributed by atoms with van der Waals surface area (Å²) >= 11 is 0. The predicted molar refractivity (Wildman–Crippen MR) is 144 cm³/mol. The van der Waals surface area contributed by atoms with Gasteiger partial charge in [0.2, 0.25) is 0 Å². The summed E-state index contributed by atoms with van der Waals surface area (Å²) in [7, 11) is -5.08. The van der Waals surface area contributed by atoms with Crippen molar-refractivity contribution in [2.45, 2.75) is 14.7 Å². The van der Waals surface area contributed by atoms with E-state index >= 15 is 0 Å². The Morgan fingerprint density at radius 3 is 0.794 bits per heavy atom. The summed E-state index contributed by atoms with van der Waals surface area (Å²) in [6.45, 7) is 0. The third-order valence-corrected chi connectivity index (χ3v) is 7.09. The zero-order valence-corrected chi connectivity index (χ0v) is 22.6. The Bertz CT molecular complexity index is 1250. The summed E-state index contributed by atoms with van der Waals surface area (Å²) in [4.78, 5) is -0.236. The van der Waals surface area contributed by atoms with Crippen molar-refractivity contribution >= 4 is 104 Å². The van der Waals surface area contributed by atoms with Gasteiger partial charge in [0.15, 0.2) is 0 Å². The first-order chi connectivity index (χ1) is 15.0. The quantitative estimate of drug-likeness (QED) is 0.225. The van der Waals surface area contributed by atoms with E-state index < -0.39 is 30.4 Å². The van der Waals surface area contributed by atoms with E-state index in [1.54, 1.807) is 36.4 Å². The van der Waals surface area contributed by atoms with Crippen LogP contribution in [0.3, 0.4) is 0 Å². The molecule has 0 radical (unpaired) electrons. The van der Waals surface area contributed by atoms with Crippen molar-refractivity contribution in [3.63, 3.8) is 0 Å². The second-order valence-electron chi connectivity index (χ2n) is 6.14. The fourth-order valence-electron chi connectivity index (χ4n) is 2.03. The Kier molecular flexibility index (Phi) is 14.3. The van der Waals surface area contributed by atoms with Crippen molar-refractivity contribution in [2.24, 2.45) is 0 Å². The molecule has 0 aromatic heterocycles. The Labute approximate surface area is 228 Å². The molecule has 3 atom stereocenters. The number of hydrogen-bond acceptors (Lipinski definition) is 6. The van der Waals surface area contributed by atoms with E-state index in [0.29, 0.717) is 0 Å². The molecule has 9 nitrogen and oxygen atoms in total. The van der Waals surface area contributed by atoms with Gasteiger partial charge in [-0.05, 0) is 52.3 Å². The fraction of sp³-hybridized carbons (Fsp3) is 0. The zero-order chi connectivity index (χ0) is 25.4. The van der Waals surface area contributed by atoms with Crippen molar-refractivity contribution in [1.29, 1.82) is 0 Å². The molecule has 3 aromatic rings. The Hall–Kier alpha value is -0.320. The van der Waals surface area contributed by atoms with Crippen molar-refractivity contribution in [1.82, 2.24) is 0 Å². The molecule has 16 heteroatoms. The van der Waals surface area contributed by atoms with E-state index in [-0.39, 0.29) is 44.2 Å².